The Labute approximate surface area is 192 Å². The van der Waals surface area contributed by atoms with Crippen LogP contribution >= 0.6 is 0 Å². The maximum absolute atomic E-state index is 11.3. The third-order valence-electron chi connectivity index (χ3n) is 6.07. The topological polar surface area (TPSA) is 99.1 Å². The fourth-order valence-corrected chi connectivity index (χ4v) is 4.55. The highest BCUT2D eigenvalue weighted by atomic mass is 16.5. The van der Waals surface area contributed by atoms with Gasteiger partial charge in [-0.05, 0) is 47.9 Å². The van der Waals surface area contributed by atoms with Crippen molar-refractivity contribution in [1.29, 1.82) is 0 Å². The summed E-state index contributed by atoms with van der Waals surface area (Å²) in [5, 5.41) is 24.4. The van der Waals surface area contributed by atoms with Gasteiger partial charge >= 0.3 is 11.9 Å². The molecule has 0 spiro atoms. The summed E-state index contributed by atoms with van der Waals surface area (Å²) in [5.74, 6) is -1.80. The van der Waals surface area contributed by atoms with E-state index in [0.29, 0.717) is 17.4 Å². The predicted molar refractivity (Wildman–Crippen MR) is 127 cm³/mol. The Kier molecular flexibility index (Phi) is 6.79. The van der Waals surface area contributed by atoms with Crippen molar-refractivity contribution in [1.82, 2.24) is 5.32 Å². The molecule has 1 saturated heterocycles. The Hall–Kier alpha value is -3.58. The van der Waals surface area contributed by atoms with E-state index in [0.717, 1.165) is 25.2 Å². The molecule has 7 heteroatoms. The van der Waals surface area contributed by atoms with Crippen molar-refractivity contribution in [2.45, 2.75) is 31.8 Å². The van der Waals surface area contributed by atoms with Gasteiger partial charge < -0.3 is 25.2 Å². The number of aliphatic carboxylic acids is 2. The number of nitrogens with zero attached hydrogens (tertiary/aromatic N) is 1. The second kappa shape index (κ2) is 9.92. The number of benzene rings is 3. The first-order valence-corrected chi connectivity index (χ1v) is 11.1. The summed E-state index contributed by atoms with van der Waals surface area (Å²) >= 11 is 0. The second-order valence-corrected chi connectivity index (χ2v) is 8.43. The minimum atomic E-state index is -1.10. The highest BCUT2D eigenvalue weighted by Gasteiger charge is 2.25. The summed E-state index contributed by atoms with van der Waals surface area (Å²) in [6.07, 6.45) is 0.747. The highest BCUT2D eigenvalue weighted by Crippen LogP contribution is 2.30. The van der Waals surface area contributed by atoms with Gasteiger partial charge in [0.1, 0.15) is 5.75 Å². The molecule has 0 aromatic heterocycles. The summed E-state index contributed by atoms with van der Waals surface area (Å²) < 4.78 is 5.28. The Morgan fingerprint density at radius 1 is 1.09 bits per heavy atom. The van der Waals surface area contributed by atoms with Gasteiger partial charge in [-0.3, -0.25) is 4.79 Å². The zero-order chi connectivity index (χ0) is 23.4. The van der Waals surface area contributed by atoms with E-state index in [4.69, 9.17) is 9.84 Å². The molecule has 172 valence electrons. The van der Waals surface area contributed by atoms with Crippen molar-refractivity contribution in [3.8, 4) is 5.75 Å². The van der Waals surface area contributed by atoms with Crippen LogP contribution in [0.5, 0.6) is 5.75 Å². The number of carboxylic acid groups (broad SMARTS) is 2. The van der Waals surface area contributed by atoms with Gasteiger partial charge in [-0.15, -0.1) is 0 Å². The minimum absolute atomic E-state index is 0.190. The van der Waals surface area contributed by atoms with Crippen molar-refractivity contribution in [3.05, 3.63) is 71.8 Å². The number of anilines is 1. The summed E-state index contributed by atoms with van der Waals surface area (Å²) in [4.78, 5) is 24.3. The van der Waals surface area contributed by atoms with Crippen LogP contribution in [0.1, 0.15) is 30.5 Å². The first-order valence-electron chi connectivity index (χ1n) is 11.1. The second-order valence-electron chi connectivity index (χ2n) is 8.43. The fraction of sp³-hybridized carbons (Fsp3) is 0.308. The van der Waals surface area contributed by atoms with Gasteiger partial charge in [0.15, 0.2) is 6.61 Å². The third kappa shape index (κ3) is 5.43. The first kappa shape index (κ1) is 22.6. The molecule has 1 fully saturated rings. The Bertz CT molecular complexity index is 1160. The maximum Gasteiger partial charge on any atom is 0.341 e. The molecule has 0 saturated carbocycles. The quantitative estimate of drug-likeness (QED) is 0.457. The van der Waals surface area contributed by atoms with Gasteiger partial charge in [-0.25, -0.2) is 4.79 Å². The van der Waals surface area contributed by atoms with E-state index >= 15 is 0 Å². The molecule has 0 bridgehead atoms. The third-order valence-corrected chi connectivity index (χ3v) is 6.07. The van der Waals surface area contributed by atoms with Gasteiger partial charge in [0.2, 0.25) is 0 Å². The smallest absolute Gasteiger partial charge is 0.341 e. The van der Waals surface area contributed by atoms with E-state index in [1.54, 1.807) is 12.1 Å². The number of carbonyl (C=O) groups is 2. The van der Waals surface area contributed by atoms with Crippen LogP contribution < -0.4 is 15.0 Å². The summed E-state index contributed by atoms with van der Waals surface area (Å²) in [7, 11) is 0. The molecule has 3 aromatic rings. The molecule has 1 aliphatic heterocycles. The van der Waals surface area contributed by atoms with Gasteiger partial charge in [0, 0.05) is 36.4 Å². The van der Waals surface area contributed by atoms with Crippen LogP contribution in [-0.4, -0.2) is 47.9 Å². The monoisotopic (exact) mass is 448 g/mol. The molecule has 2 atom stereocenters. The van der Waals surface area contributed by atoms with E-state index in [2.05, 4.69) is 59.6 Å². The Morgan fingerprint density at radius 3 is 2.67 bits per heavy atom. The van der Waals surface area contributed by atoms with Crippen LogP contribution in [0, 0.1) is 0 Å². The molecule has 3 N–H and O–H groups in total. The number of carboxylic acids is 2. The molecule has 0 aliphatic carbocycles. The van der Waals surface area contributed by atoms with E-state index in [1.165, 1.54) is 16.3 Å². The SMILES string of the molecule is C[C@@H](N[C@H]1CCN(c2ccc(OCC(=O)O)c(CC(=O)O)c2)C1)c1cccc2ccccc12. The molecular weight excluding hydrogens is 420 g/mol. The minimum Gasteiger partial charge on any atom is -0.482 e. The molecule has 0 amide bonds. The molecule has 1 aliphatic rings. The largest absolute Gasteiger partial charge is 0.482 e. The molecule has 0 radical (unpaired) electrons. The number of ether oxygens (including phenoxy) is 1. The van der Waals surface area contributed by atoms with Crippen LogP contribution in [0.15, 0.2) is 60.7 Å². The lowest BCUT2D eigenvalue weighted by atomic mass is 9.99. The fourth-order valence-electron chi connectivity index (χ4n) is 4.55. The molecule has 7 nitrogen and oxygen atoms in total. The lowest BCUT2D eigenvalue weighted by molar-refractivity contribution is -0.139. The van der Waals surface area contributed by atoms with E-state index in [9.17, 15) is 14.7 Å². The Balaban J connectivity index is 1.45. The van der Waals surface area contributed by atoms with Crippen LogP contribution in [0.2, 0.25) is 0 Å². The van der Waals surface area contributed by atoms with Crippen molar-refractivity contribution >= 4 is 28.4 Å². The van der Waals surface area contributed by atoms with Crippen molar-refractivity contribution in [3.63, 3.8) is 0 Å². The van der Waals surface area contributed by atoms with Crippen LogP contribution in [0.25, 0.3) is 10.8 Å². The number of hydrogen-bond acceptors (Lipinski definition) is 5. The van der Waals surface area contributed by atoms with Gasteiger partial charge in [0.05, 0.1) is 6.42 Å². The Morgan fingerprint density at radius 2 is 1.88 bits per heavy atom. The number of rotatable bonds is 9. The van der Waals surface area contributed by atoms with E-state index in [-0.39, 0.29) is 12.5 Å². The van der Waals surface area contributed by atoms with Crippen LogP contribution in [0.3, 0.4) is 0 Å². The lowest BCUT2D eigenvalue weighted by Crippen LogP contribution is -2.34. The van der Waals surface area contributed by atoms with Crippen LogP contribution in [0.4, 0.5) is 5.69 Å². The molecular formula is C26H28N2O5. The van der Waals surface area contributed by atoms with Crippen molar-refractivity contribution < 1.29 is 24.5 Å². The zero-order valence-corrected chi connectivity index (χ0v) is 18.5. The van der Waals surface area contributed by atoms with E-state index < -0.39 is 18.5 Å². The van der Waals surface area contributed by atoms with Crippen LogP contribution in [-0.2, 0) is 16.0 Å². The number of nitrogens with one attached hydrogen (secondary N) is 1. The van der Waals surface area contributed by atoms with Crippen molar-refractivity contribution in [2.75, 3.05) is 24.6 Å². The number of fused-ring (bicyclic) bond motifs is 1. The average molecular weight is 449 g/mol. The molecule has 4 rings (SSSR count). The van der Waals surface area contributed by atoms with Gasteiger partial charge in [-0.1, -0.05) is 42.5 Å². The van der Waals surface area contributed by atoms with Crippen molar-refractivity contribution in [2.24, 2.45) is 0 Å². The summed E-state index contributed by atoms with van der Waals surface area (Å²) in [5.41, 5.74) is 2.66. The average Bonchev–Trinajstić information content (AvgIpc) is 3.25. The molecule has 0 unspecified atom stereocenters. The molecule has 3 aromatic carbocycles. The predicted octanol–water partition coefficient (Wildman–Crippen LogP) is 3.86. The van der Waals surface area contributed by atoms with E-state index in [1.807, 2.05) is 6.07 Å². The summed E-state index contributed by atoms with van der Waals surface area (Å²) in [6.45, 7) is 3.33. The molecule has 1 heterocycles. The zero-order valence-electron chi connectivity index (χ0n) is 18.5. The normalized spacial score (nSPS) is 16.6. The lowest BCUT2D eigenvalue weighted by Gasteiger charge is -2.23. The highest BCUT2D eigenvalue weighted by molar-refractivity contribution is 5.86. The summed E-state index contributed by atoms with van der Waals surface area (Å²) in [6, 6.07) is 20.6. The van der Waals surface area contributed by atoms with Gasteiger partial charge in [-0.2, -0.15) is 0 Å². The standard InChI is InChI=1S/C26H28N2O5/c1-17(22-8-4-6-18-5-2-3-7-23(18)22)27-20-11-12-28(15-20)21-9-10-24(33-16-26(31)32)19(13-21)14-25(29)30/h2-10,13,17,20,27H,11-12,14-16H2,1H3,(H,29,30)(H,31,32)/t17-,20+/m1/s1. The first-order chi connectivity index (χ1) is 15.9. The molecule has 33 heavy (non-hydrogen) atoms. The maximum atomic E-state index is 11.3. The number of hydrogen-bond donors (Lipinski definition) is 3. The van der Waals surface area contributed by atoms with Gasteiger partial charge in [0.25, 0.3) is 0 Å².